The number of carbonyl (C=O) groups is 2. The number of anilines is 1. The summed E-state index contributed by atoms with van der Waals surface area (Å²) in [6, 6.07) is 17.4. The minimum absolute atomic E-state index is 0.140. The van der Waals surface area contributed by atoms with Crippen molar-refractivity contribution in [1.29, 1.82) is 0 Å². The van der Waals surface area contributed by atoms with Crippen LogP contribution in [-0.4, -0.2) is 29.4 Å². The van der Waals surface area contributed by atoms with E-state index in [0.717, 1.165) is 16.5 Å². The Kier molecular flexibility index (Phi) is 7.56. The molecule has 2 aromatic carbocycles. The molecular weight excluding hydrogens is 390 g/mol. The molecule has 0 fully saturated rings. The van der Waals surface area contributed by atoms with Crippen molar-refractivity contribution in [2.45, 2.75) is 38.8 Å². The largest absolute Gasteiger partial charge is 0.384 e. The lowest BCUT2D eigenvalue weighted by Crippen LogP contribution is -2.46. The fourth-order valence-electron chi connectivity index (χ4n) is 3.52. The van der Waals surface area contributed by atoms with E-state index < -0.39 is 6.04 Å². The van der Waals surface area contributed by atoms with Crippen molar-refractivity contribution in [3.63, 3.8) is 0 Å². The van der Waals surface area contributed by atoms with Crippen LogP contribution in [0.4, 0.5) is 5.82 Å². The molecular formula is C24H29N5O2. The van der Waals surface area contributed by atoms with Crippen LogP contribution in [0.2, 0.25) is 0 Å². The van der Waals surface area contributed by atoms with Crippen LogP contribution in [0.3, 0.4) is 0 Å². The highest BCUT2D eigenvalue weighted by molar-refractivity contribution is 5.88. The fraction of sp³-hybridized carbons (Fsp3) is 0.292. The van der Waals surface area contributed by atoms with E-state index in [0.29, 0.717) is 12.4 Å². The second-order valence-electron chi connectivity index (χ2n) is 7.60. The van der Waals surface area contributed by atoms with Gasteiger partial charge in [-0.05, 0) is 67.1 Å². The molecule has 0 saturated carbocycles. The average Bonchev–Trinajstić information content (AvgIpc) is 3.26. The van der Waals surface area contributed by atoms with Gasteiger partial charge in [0.2, 0.25) is 11.8 Å². The molecule has 0 spiro atoms. The molecule has 0 saturated heterocycles. The Morgan fingerprint density at radius 2 is 1.77 bits per heavy atom. The number of nitrogen functional groups attached to an aromatic ring is 1. The van der Waals surface area contributed by atoms with Crippen molar-refractivity contribution in [3.8, 4) is 0 Å². The van der Waals surface area contributed by atoms with Crippen LogP contribution in [0.25, 0.3) is 10.9 Å². The SMILES string of the molecule is CC(NC(=O)CN)C(=O)NCc1ccc2nc(N)ccc2c1.c1ccc2c(c1)CCC2. The second-order valence-corrected chi connectivity index (χ2v) is 7.60. The number of aromatic nitrogens is 1. The number of aryl methyl sites for hydroxylation is 2. The maximum absolute atomic E-state index is 11.9. The van der Waals surface area contributed by atoms with Crippen LogP contribution in [-0.2, 0) is 29.0 Å². The third kappa shape index (κ3) is 6.26. The summed E-state index contributed by atoms with van der Waals surface area (Å²) in [4.78, 5) is 27.2. The number of hydrogen-bond donors (Lipinski definition) is 4. The van der Waals surface area contributed by atoms with Crippen LogP contribution < -0.4 is 22.1 Å². The molecule has 2 amide bonds. The molecule has 7 nitrogen and oxygen atoms in total. The van der Waals surface area contributed by atoms with Gasteiger partial charge in [-0.15, -0.1) is 0 Å². The number of benzene rings is 2. The lowest BCUT2D eigenvalue weighted by molar-refractivity contribution is -0.128. The first-order valence-corrected chi connectivity index (χ1v) is 10.5. The summed E-state index contributed by atoms with van der Waals surface area (Å²) in [5, 5.41) is 6.22. The van der Waals surface area contributed by atoms with E-state index in [1.165, 1.54) is 19.3 Å². The molecule has 1 heterocycles. The zero-order valence-electron chi connectivity index (χ0n) is 17.7. The molecule has 0 bridgehead atoms. The number of amides is 2. The van der Waals surface area contributed by atoms with E-state index in [4.69, 9.17) is 11.5 Å². The lowest BCUT2D eigenvalue weighted by atomic mass is 10.1. The van der Waals surface area contributed by atoms with Gasteiger partial charge < -0.3 is 22.1 Å². The third-order valence-electron chi connectivity index (χ3n) is 5.21. The molecule has 1 aliphatic carbocycles. The molecule has 3 aromatic rings. The summed E-state index contributed by atoms with van der Waals surface area (Å²) >= 11 is 0. The monoisotopic (exact) mass is 419 g/mol. The van der Waals surface area contributed by atoms with Crippen LogP contribution >= 0.6 is 0 Å². The number of hydrogen-bond acceptors (Lipinski definition) is 5. The van der Waals surface area contributed by atoms with E-state index in [2.05, 4.69) is 39.9 Å². The smallest absolute Gasteiger partial charge is 0.242 e. The van der Waals surface area contributed by atoms with Gasteiger partial charge in [0.05, 0.1) is 12.1 Å². The van der Waals surface area contributed by atoms with E-state index in [1.54, 1.807) is 24.1 Å². The molecule has 1 aromatic heterocycles. The number of carbonyl (C=O) groups excluding carboxylic acids is 2. The first-order valence-electron chi connectivity index (χ1n) is 10.5. The Morgan fingerprint density at radius 1 is 1.06 bits per heavy atom. The number of nitrogens with one attached hydrogen (secondary N) is 2. The van der Waals surface area contributed by atoms with Crippen molar-refractivity contribution in [1.82, 2.24) is 15.6 Å². The van der Waals surface area contributed by atoms with Gasteiger partial charge in [-0.3, -0.25) is 9.59 Å². The molecule has 31 heavy (non-hydrogen) atoms. The van der Waals surface area contributed by atoms with E-state index in [-0.39, 0.29) is 18.4 Å². The second kappa shape index (κ2) is 10.5. The highest BCUT2D eigenvalue weighted by Crippen LogP contribution is 2.20. The quantitative estimate of drug-likeness (QED) is 0.504. The number of rotatable bonds is 5. The molecule has 6 N–H and O–H groups in total. The summed E-state index contributed by atoms with van der Waals surface area (Å²) in [6.07, 6.45) is 3.96. The maximum atomic E-state index is 11.9. The minimum Gasteiger partial charge on any atom is -0.384 e. The zero-order chi connectivity index (χ0) is 22.2. The standard InChI is InChI=1S/C15H19N5O2.C9H10/c1-9(19-14(21)7-16)15(22)18-8-10-2-4-12-11(6-10)3-5-13(17)20-12;1-2-5-9-7-3-6-8(9)4-1/h2-6,9H,7-8,16H2,1H3,(H2,17,20)(H,18,22)(H,19,21);1-2,4-5H,3,6-7H2. The van der Waals surface area contributed by atoms with Crippen LogP contribution in [0.1, 0.15) is 30.0 Å². The summed E-state index contributed by atoms with van der Waals surface area (Å²) < 4.78 is 0. The maximum Gasteiger partial charge on any atom is 0.242 e. The Hall–Kier alpha value is -3.45. The number of fused-ring (bicyclic) bond motifs is 2. The van der Waals surface area contributed by atoms with Crippen molar-refractivity contribution in [3.05, 3.63) is 71.3 Å². The first kappa shape index (κ1) is 22.2. The lowest BCUT2D eigenvalue weighted by Gasteiger charge is -2.13. The highest BCUT2D eigenvalue weighted by Gasteiger charge is 2.14. The zero-order valence-corrected chi connectivity index (χ0v) is 17.7. The number of pyridine rings is 1. The minimum atomic E-state index is -0.627. The Labute approximate surface area is 182 Å². The molecule has 0 aliphatic heterocycles. The average molecular weight is 420 g/mol. The predicted octanol–water partition coefficient (Wildman–Crippen LogP) is 2.07. The summed E-state index contributed by atoms with van der Waals surface area (Å²) in [5.41, 5.74) is 15.7. The molecule has 1 unspecified atom stereocenters. The Balaban J connectivity index is 0.000000248. The van der Waals surface area contributed by atoms with Gasteiger partial charge in [-0.25, -0.2) is 4.98 Å². The van der Waals surface area contributed by atoms with E-state index in [1.807, 2.05) is 24.3 Å². The summed E-state index contributed by atoms with van der Waals surface area (Å²) in [5.74, 6) is -0.160. The van der Waals surface area contributed by atoms with Crippen molar-refractivity contribution < 1.29 is 9.59 Å². The topological polar surface area (TPSA) is 123 Å². The first-order chi connectivity index (χ1) is 15.0. The van der Waals surface area contributed by atoms with Gasteiger partial charge in [-0.2, -0.15) is 0 Å². The van der Waals surface area contributed by atoms with E-state index >= 15 is 0 Å². The predicted molar refractivity (Wildman–Crippen MR) is 123 cm³/mol. The van der Waals surface area contributed by atoms with Crippen molar-refractivity contribution in [2.24, 2.45) is 5.73 Å². The van der Waals surface area contributed by atoms with Gasteiger partial charge in [0, 0.05) is 11.9 Å². The summed E-state index contributed by atoms with van der Waals surface area (Å²) in [7, 11) is 0. The molecule has 0 radical (unpaired) electrons. The molecule has 7 heteroatoms. The van der Waals surface area contributed by atoms with Crippen molar-refractivity contribution in [2.75, 3.05) is 12.3 Å². The van der Waals surface area contributed by atoms with E-state index in [9.17, 15) is 9.59 Å². The number of nitrogens with zero attached hydrogens (tertiary/aromatic N) is 1. The molecule has 1 aliphatic rings. The van der Waals surface area contributed by atoms with Gasteiger partial charge >= 0.3 is 0 Å². The third-order valence-corrected chi connectivity index (χ3v) is 5.21. The fourth-order valence-corrected chi connectivity index (χ4v) is 3.52. The van der Waals surface area contributed by atoms with Crippen LogP contribution in [0.15, 0.2) is 54.6 Å². The van der Waals surface area contributed by atoms with Crippen LogP contribution in [0, 0.1) is 0 Å². The van der Waals surface area contributed by atoms with Crippen molar-refractivity contribution >= 4 is 28.5 Å². The Morgan fingerprint density at radius 3 is 2.45 bits per heavy atom. The normalized spacial score (nSPS) is 13.0. The van der Waals surface area contributed by atoms with Crippen LogP contribution in [0.5, 0.6) is 0 Å². The van der Waals surface area contributed by atoms with Gasteiger partial charge in [0.25, 0.3) is 0 Å². The van der Waals surface area contributed by atoms with Gasteiger partial charge in [0.15, 0.2) is 0 Å². The van der Waals surface area contributed by atoms with Gasteiger partial charge in [-0.1, -0.05) is 30.3 Å². The molecule has 4 rings (SSSR count). The molecule has 1 atom stereocenters. The summed E-state index contributed by atoms with van der Waals surface area (Å²) in [6.45, 7) is 1.83. The number of nitrogens with two attached hydrogens (primary N) is 2. The highest BCUT2D eigenvalue weighted by atomic mass is 16.2. The molecule has 162 valence electrons. The Bertz CT molecular complexity index is 1040. The van der Waals surface area contributed by atoms with Gasteiger partial charge in [0.1, 0.15) is 11.9 Å².